The lowest BCUT2D eigenvalue weighted by Gasteiger charge is -2.32. The second-order valence-electron chi connectivity index (χ2n) is 7.20. The molecule has 0 N–H and O–H groups in total. The fraction of sp³-hybridized carbons (Fsp3) is 0.333. The van der Waals surface area contributed by atoms with E-state index in [-0.39, 0.29) is 0 Å². The highest BCUT2D eigenvalue weighted by Crippen LogP contribution is 2.58. The van der Waals surface area contributed by atoms with Crippen LogP contribution in [0.2, 0.25) is 0 Å². The van der Waals surface area contributed by atoms with Gasteiger partial charge in [0, 0.05) is 0 Å². The Kier molecular flexibility index (Phi) is 5.80. The minimum Gasteiger partial charge on any atom is -0.489 e. The molecule has 2 aromatic rings. The highest BCUT2D eigenvalue weighted by Gasteiger charge is 2.43. The first kappa shape index (κ1) is 19.3. The highest BCUT2D eigenvalue weighted by molar-refractivity contribution is 7.69. The van der Waals surface area contributed by atoms with Gasteiger partial charge < -0.3 is 9.26 Å². The van der Waals surface area contributed by atoms with Crippen LogP contribution < -0.4 is 14.6 Å². The molecule has 0 radical (unpaired) electrons. The fourth-order valence-corrected chi connectivity index (χ4v) is 4.69. The molecule has 2 aromatic carbocycles. The molecule has 134 valence electrons. The summed E-state index contributed by atoms with van der Waals surface area (Å²) in [7, 11) is -3.25. The van der Waals surface area contributed by atoms with Crippen LogP contribution >= 0.6 is 7.37 Å². The van der Waals surface area contributed by atoms with Crippen LogP contribution in [0.5, 0.6) is 11.5 Å². The summed E-state index contributed by atoms with van der Waals surface area (Å²) in [5.41, 5.74) is 2.10. The van der Waals surface area contributed by atoms with Crippen LogP contribution in [-0.4, -0.2) is 11.8 Å². The lowest BCUT2D eigenvalue weighted by atomic mass is 10.2. The normalized spacial score (nSPS) is 13.8. The molecule has 0 aliphatic heterocycles. The Bertz CT molecular complexity index is 803. The van der Waals surface area contributed by atoms with Crippen molar-refractivity contribution >= 4 is 12.7 Å². The van der Waals surface area contributed by atoms with E-state index < -0.39 is 12.5 Å². The molecule has 0 saturated heterocycles. The minimum absolute atomic E-state index is 0.352. The zero-order valence-electron chi connectivity index (χ0n) is 15.7. The lowest BCUT2D eigenvalue weighted by Crippen LogP contribution is -2.28. The van der Waals surface area contributed by atoms with Crippen LogP contribution in [0, 0.1) is 13.8 Å². The number of aryl methyl sites for hydroxylation is 2. The van der Waals surface area contributed by atoms with Gasteiger partial charge in [-0.1, -0.05) is 30.9 Å². The molecule has 1 atom stereocenters. The second-order valence-corrected chi connectivity index (χ2v) is 10.3. The fourth-order valence-electron chi connectivity index (χ4n) is 2.50. The molecule has 0 aliphatic rings. The predicted octanol–water partition coefficient (Wildman–Crippen LogP) is 5.65. The predicted molar refractivity (Wildman–Crippen MR) is 106 cm³/mol. The molecule has 0 amide bonds. The van der Waals surface area contributed by atoms with Crippen LogP contribution in [0.3, 0.4) is 0 Å². The summed E-state index contributed by atoms with van der Waals surface area (Å²) in [5.74, 6) is 1.19. The van der Waals surface area contributed by atoms with Gasteiger partial charge in [-0.2, -0.15) is 0 Å². The molecule has 0 saturated carbocycles. The molecule has 25 heavy (non-hydrogen) atoms. The first-order chi connectivity index (χ1) is 11.7. The number of ether oxygens (including phenoxy) is 1. The molecule has 0 spiro atoms. The minimum atomic E-state index is -3.25. The molecule has 0 bridgehead atoms. The van der Waals surface area contributed by atoms with E-state index in [1.807, 2.05) is 77.1 Å². The standard InChI is InChI=1S/C21H27O3P/c1-7-13-23-19-15-17(3)11-12-20(19)25(22,21(4,5)6)24-18-10-8-9-16(2)14-18/h7-12,14-15H,1,13H2,2-6H3. The number of hydrogen-bond donors (Lipinski definition) is 0. The van der Waals surface area contributed by atoms with Gasteiger partial charge in [0.15, 0.2) is 0 Å². The van der Waals surface area contributed by atoms with Crippen molar-refractivity contribution in [3.8, 4) is 11.5 Å². The van der Waals surface area contributed by atoms with Crippen LogP contribution in [0.15, 0.2) is 55.1 Å². The van der Waals surface area contributed by atoms with Crippen molar-refractivity contribution in [3.63, 3.8) is 0 Å². The third-order valence-corrected chi connectivity index (χ3v) is 7.13. The van der Waals surface area contributed by atoms with Gasteiger partial charge >= 0.3 is 0 Å². The molecule has 4 heteroatoms. The van der Waals surface area contributed by atoms with Gasteiger partial charge in [0.25, 0.3) is 7.37 Å². The quantitative estimate of drug-likeness (QED) is 0.494. The molecule has 0 heterocycles. The SMILES string of the molecule is C=CCOc1cc(C)ccc1P(=O)(Oc1cccc(C)c1)C(C)(C)C. The van der Waals surface area contributed by atoms with Gasteiger partial charge in [-0.3, -0.25) is 4.57 Å². The molecule has 2 rings (SSSR count). The number of rotatable bonds is 6. The zero-order chi connectivity index (χ0) is 18.7. The summed E-state index contributed by atoms with van der Waals surface area (Å²) in [6.45, 7) is 13.8. The third kappa shape index (κ3) is 4.35. The Morgan fingerprint density at radius 1 is 1.08 bits per heavy atom. The van der Waals surface area contributed by atoms with E-state index >= 15 is 0 Å². The Morgan fingerprint density at radius 3 is 2.36 bits per heavy atom. The van der Waals surface area contributed by atoms with Gasteiger partial charge in [0.1, 0.15) is 18.1 Å². The molecule has 3 nitrogen and oxygen atoms in total. The summed E-state index contributed by atoms with van der Waals surface area (Å²) in [6, 6.07) is 13.3. The Morgan fingerprint density at radius 2 is 1.76 bits per heavy atom. The van der Waals surface area contributed by atoms with Gasteiger partial charge in [-0.15, -0.1) is 0 Å². The van der Waals surface area contributed by atoms with E-state index in [0.29, 0.717) is 23.4 Å². The monoisotopic (exact) mass is 358 g/mol. The van der Waals surface area contributed by atoms with E-state index in [0.717, 1.165) is 11.1 Å². The van der Waals surface area contributed by atoms with Crippen molar-refractivity contribution in [1.29, 1.82) is 0 Å². The summed E-state index contributed by atoms with van der Waals surface area (Å²) < 4.78 is 26.0. The number of benzene rings is 2. The highest BCUT2D eigenvalue weighted by atomic mass is 31.2. The van der Waals surface area contributed by atoms with Crippen molar-refractivity contribution in [2.75, 3.05) is 6.61 Å². The summed E-state index contributed by atoms with van der Waals surface area (Å²) in [4.78, 5) is 0. The Balaban J connectivity index is 2.58. The maximum Gasteiger partial charge on any atom is 0.286 e. The third-order valence-electron chi connectivity index (χ3n) is 3.90. The van der Waals surface area contributed by atoms with Gasteiger partial charge in [-0.25, -0.2) is 0 Å². The largest absolute Gasteiger partial charge is 0.489 e. The maximum atomic E-state index is 14.1. The smallest absolute Gasteiger partial charge is 0.286 e. The maximum absolute atomic E-state index is 14.1. The van der Waals surface area contributed by atoms with Crippen LogP contribution in [0.25, 0.3) is 0 Å². The Labute approximate surface area is 151 Å². The van der Waals surface area contributed by atoms with E-state index in [2.05, 4.69) is 6.58 Å². The average molecular weight is 358 g/mol. The lowest BCUT2D eigenvalue weighted by molar-refractivity contribution is 0.364. The van der Waals surface area contributed by atoms with Gasteiger partial charge in [-0.05, 0) is 70.0 Å². The van der Waals surface area contributed by atoms with E-state index in [9.17, 15) is 4.57 Å². The summed E-state index contributed by atoms with van der Waals surface area (Å²) >= 11 is 0. The van der Waals surface area contributed by atoms with E-state index in [1.54, 1.807) is 6.08 Å². The van der Waals surface area contributed by atoms with Crippen molar-refractivity contribution in [2.45, 2.75) is 39.8 Å². The molecular weight excluding hydrogens is 331 g/mol. The average Bonchev–Trinajstić information content (AvgIpc) is 2.51. The van der Waals surface area contributed by atoms with E-state index in [4.69, 9.17) is 9.26 Å². The Hall–Kier alpha value is -1.99. The van der Waals surface area contributed by atoms with Crippen molar-refractivity contribution in [1.82, 2.24) is 0 Å². The van der Waals surface area contributed by atoms with Crippen LogP contribution in [-0.2, 0) is 4.57 Å². The van der Waals surface area contributed by atoms with Crippen LogP contribution in [0.4, 0.5) is 0 Å². The number of hydrogen-bond acceptors (Lipinski definition) is 3. The summed E-state index contributed by atoms with van der Waals surface area (Å²) in [5, 5.41) is 0.0205. The van der Waals surface area contributed by atoms with Crippen LogP contribution in [0.1, 0.15) is 31.9 Å². The molecular formula is C21H27O3P. The van der Waals surface area contributed by atoms with Gasteiger partial charge in [0.05, 0.1) is 10.5 Å². The molecule has 0 aliphatic carbocycles. The van der Waals surface area contributed by atoms with E-state index in [1.165, 1.54) is 0 Å². The molecule has 0 fully saturated rings. The van der Waals surface area contributed by atoms with Crippen molar-refractivity contribution in [3.05, 3.63) is 66.2 Å². The van der Waals surface area contributed by atoms with Crippen molar-refractivity contribution < 1.29 is 13.8 Å². The topological polar surface area (TPSA) is 35.5 Å². The molecule has 1 unspecified atom stereocenters. The first-order valence-electron chi connectivity index (χ1n) is 8.39. The van der Waals surface area contributed by atoms with Crippen molar-refractivity contribution in [2.24, 2.45) is 0 Å². The second kappa shape index (κ2) is 7.49. The van der Waals surface area contributed by atoms with Gasteiger partial charge in [0.2, 0.25) is 0 Å². The zero-order valence-corrected chi connectivity index (χ0v) is 16.6. The molecule has 0 aromatic heterocycles. The first-order valence-corrected chi connectivity index (χ1v) is 10.0. The summed E-state index contributed by atoms with van der Waals surface area (Å²) in [6.07, 6.45) is 1.68.